The summed E-state index contributed by atoms with van der Waals surface area (Å²) >= 11 is 0. The van der Waals surface area contributed by atoms with Gasteiger partial charge in [0.25, 0.3) is 11.4 Å². The van der Waals surface area contributed by atoms with Gasteiger partial charge in [-0.1, -0.05) is 12.1 Å². The Morgan fingerprint density at radius 3 is 2.20 bits per heavy atom. The quantitative estimate of drug-likeness (QED) is 0.366. The molecule has 1 N–H and O–H groups in total. The number of para-hydroxylation sites is 1. The number of nitrogens with zero attached hydrogens (tertiary/aromatic N) is 4. The van der Waals surface area contributed by atoms with Crippen LogP contribution in [0.15, 0.2) is 66.7 Å². The number of hydrogen-bond acceptors (Lipinski definition) is 7. The topological polar surface area (TPSA) is 124 Å². The van der Waals surface area contributed by atoms with E-state index in [1.165, 1.54) is 24.3 Å². The number of nitrogens with one attached hydrogen (secondary N) is 1. The van der Waals surface area contributed by atoms with Crippen molar-refractivity contribution in [1.29, 1.82) is 0 Å². The number of rotatable bonds is 5. The predicted octanol–water partition coefficient (Wildman–Crippen LogP) is 5.00. The Labute approximate surface area is 168 Å². The van der Waals surface area contributed by atoms with Crippen molar-refractivity contribution in [2.24, 2.45) is 0 Å². The van der Waals surface area contributed by atoms with Crippen LogP contribution in [0.4, 0.5) is 27.3 Å². The zero-order valence-electron chi connectivity index (χ0n) is 15.2. The molecular formula is C20H12FN5O4. The monoisotopic (exact) mass is 405 g/mol. The highest BCUT2D eigenvalue weighted by molar-refractivity contribution is 5.92. The average Bonchev–Trinajstić information content (AvgIpc) is 2.75. The van der Waals surface area contributed by atoms with Gasteiger partial charge < -0.3 is 5.32 Å². The lowest BCUT2D eigenvalue weighted by Gasteiger charge is -2.11. The number of fused-ring (bicyclic) bond motifs is 1. The molecule has 0 spiro atoms. The lowest BCUT2D eigenvalue weighted by atomic mass is 10.1. The van der Waals surface area contributed by atoms with Crippen LogP contribution in [-0.2, 0) is 0 Å². The van der Waals surface area contributed by atoms with Crippen molar-refractivity contribution in [1.82, 2.24) is 9.97 Å². The third kappa shape index (κ3) is 3.61. The minimum atomic E-state index is -0.680. The molecule has 4 rings (SSSR count). The maximum atomic E-state index is 14.3. The number of aromatic nitrogens is 2. The number of nitro benzene ring substituents is 2. The molecule has 0 fully saturated rings. The molecular weight excluding hydrogens is 393 g/mol. The van der Waals surface area contributed by atoms with Crippen LogP contribution in [0.3, 0.4) is 0 Å². The van der Waals surface area contributed by atoms with E-state index in [1.807, 2.05) is 0 Å². The standard InChI is InChI=1S/C20H12FN5O4/c21-16-10-9-14(26(29)30)11-18(16)23-20-15-3-1-2-4-17(15)22-19(24-20)12-5-7-13(8-6-12)25(27)28/h1-11H,(H,22,23,24). The van der Waals surface area contributed by atoms with Crippen molar-refractivity contribution >= 4 is 33.8 Å². The zero-order chi connectivity index (χ0) is 21.3. The molecule has 0 radical (unpaired) electrons. The van der Waals surface area contributed by atoms with Crippen molar-refractivity contribution < 1.29 is 14.2 Å². The van der Waals surface area contributed by atoms with Gasteiger partial charge in [0.1, 0.15) is 11.6 Å². The van der Waals surface area contributed by atoms with Crippen LogP contribution in [-0.4, -0.2) is 19.8 Å². The van der Waals surface area contributed by atoms with Crippen LogP contribution >= 0.6 is 0 Å². The van der Waals surface area contributed by atoms with E-state index in [4.69, 9.17) is 0 Å². The normalized spacial score (nSPS) is 10.7. The van der Waals surface area contributed by atoms with Crippen LogP contribution in [0.1, 0.15) is 0 Å². The Bertz CT molecular complexity index is 1290. The first-order valence-corrected chi connectivity index (χ1v) is 8.65. The summed E-state index contributed by atoms with van der Waals surface area (Å²) in [5.41, 5.74) is 0.621. The van der Waals surface area contributed by atoms with Crippen LogP contribution in [0.5, 0.6) is 0 Å². The van der Waals surface area contributed by atoms with E-state index in [1.54, 1.807) is 24.3 Å². The summed E-state index contributed by atoms with van der Waals surface area (Å²) < 4.78 is 14.3. The molecule has 0 bridgehead atoms. The van der Waals surface area contributed by atoms with Gasteiger partial charge in [0, 0.05) is 35.2 Å². The Morgan fingerprint density at radius 2 is 1.50 bits per heavy atom. The van der Waals surface area contributed by atoms with Crippen LogP contribution in [0, 0.1) is 26.0 Å². The smallest absolute Gasteiger partial charge is 0.271 e. The van der Waals surface area contributed by atoms with Gasteiger partial charge in [-0.15, -0.1) is 0 Å². The number of halogens is 1. The third-order valence-corrected chi connectivity index (χ3v) is 4.35. The number of hydrogen-bond donors (Lipinski definition) is 1. The molecule has 0 saturated heterocycles. The minimum Gasteiger partial charge on any atom is -0.337 e. The van der Waals surface area contributed by atoms with Gasteiger partial charge in [0.2, 0.25) is 0 Å². The molecule has 0 aliphatic heterocycles. The molecule has 0 saturated carbocycles. The predicted molar refractivity (Wildman–Crippen MR) is 108 cm³/mol. The van der Waals surface area contributed by atoms with Crippen LogP contribution in [0.2, 0.25) is 0 Å². The molecule has 148 valence electrons. The second kappa shape index (κ2) is 7.51. The van der Waals surface area contributed by atoms with E-state index in [-0.39, 0.29) is 28.7 Å². The highest BCUT2D eigenvalue weighted by Gasteiger charge is 2.15. The molecule has 30 heavy (non-hydrogen) atoms. The lowest BCUT2D eigenvalue weighted by Crippen LogP contribution is -2.01. The first kappa shape index (κ1) is 18.9. The highest BCUT2D eigenvalue weighted by Crippen LogP contribution is 2.30. The van der Waals surface area contributed by atoms with Crippen LogP contribution < -0.4 is 5.32 Å². The molecule has 9 nitrogen and oxygen atoms in total. The van der Waals surface area contributed by atoms with Gasteiger partial charge in [0.05, 0.1) is 21.1 Å². The van der Waals surface area contributed by atoms with Gasteiger partial charge in [-0.25, -0.2) is 14.4 Å². The van der Waals surface area contributed by atoms with Crippen LogP contribution in [0.25, 0.3) is 22.3 Å². The molecule has 4 aromatic rings. The van der Waals surface area contributed by atoms with E-state index in [2.05, 4.69) is 15.3 Å². The number of benzene rings is 3. The summed E-state index contributed by atoms with van der Waals surface area (Å²) in [6, 6.07) is 15.8. The number of anilines is 2. The molecule has 0 atom stereocenters. The molecule has 0 aliphatic carbocycles. The summed E-state index contributed by atoms with van der Waals surface area (Å²) in [5, 5.41) is 25.3. The van der Waals surface area contributed by atoms with Crippen molar-refractivity contribution in [3.8, 4) is 11.4 Å². The van der Waals surface area contributed by atoms with E-state index in [0.717, 1.165) is 18.2 Å². The van der Waals surface area contributed by atoms with E-state index >= 15 is 0 Å². The summed E-state index contributed by atoms with van der Waals surface area (Å²) in [7, 11) is 0. The molecule has 0 unspecified atom stereocenters. The van der Waals surface area contributed by atoms with Gasteiger partial charge >= 0.3 is 0 Å². The largest absolute Gasteiger partial charge is 0.337 e. The Morgan fingerprint density at radius 1 is 0.833 bits per heavy atom. The molecule has 3 aromatic carbocycles. The van der Waals surface area contributed by atoms with Crippen molar-refractivity contribution in [3.05, 3.63) is 92.8 Å². The first-order chi connectivity index (χ1) is 14.4. The summed E-state index contributed by atoms with van der Waals surface area (Å²) in [6.07, 6.45) is 0. The number of non-ortho nitro benzene ring substituents is 2. The average molecular weight is 405 g/mol. The molecule has 0 amide bonds. The number of nitro groups is 2. The fraction of sp³-hybridized carbons (Fsp3) is 0. The van der Waals surface area contributed by atoms with Crippen molar-refractivity contribution in [2.75, 3.05) is 5.32 Å². The van der Waals surface area contributed by atoms with Crippen molar-refractivity contribution in [2.45, 2.75) is 0 Å². The Kier molecular flexibility index (Phi) is 4.72. The molecule has 0 aliphatic rings. The fourth-order valence-corrected chi connectivity index (χ4v) is 2.88. The second-order valence-electron chi connectivity index (χ2n) is 6.26. The second-order valence-corrected chi connectivity index (χ2v) is 6.26. The maximum Gasteiger partial charge on any atom is 0.271 e. The maximum absolute atomic E-state index is 14.3. The van der Waals surface area contributed by atoms with E-state index < -0.39 is 15.7 Å². The lowest BCUT2D eigenvalue weighted by molar-refractivity contribution is -0.385. The summed E-state index contributed by atoms with van der Waals surface area (Å²) in [4.78, 5) is 29.7. The van der Waals surface area contributed by atoms with E-state index in [9.17, 15) is 24.6 Å². The van der Waals surface area contributed by atoms with Gasteiger partial charge in [-0.05, 0) is 30.3 Å². The molecule has 10 heteroatoms. The Hall–Kier alpha value is -4.47. The highest BCUT2D eigenvalue weighted by atomic mass is 19.1. The van der Waals surface area contributed by atoms with Gasteiger partial charge in [-0.3, -0.25) is 20.2 Å². The Balaban J connectivity index is 1.82. The van der Waals surface area contributed by atoms with Gasteiger partial charge in [-0.2, -0.15) is 0 Å². The molecule has 1 heterocycles. The minimum absolute atomic E-state index is 0.0726. The third-order valence-electron chi connectivity index (χ3n) is 4.35. The summed E-state index contributed by atoms with van der Waals surface area (Å²) in [5.74, 6) is -0.175. The van der Waals surface area contributed by atoms with Gasteiger partial charge in [0.15, 0.2) is 5.82 Å². The SMILES string of the molecule is O=[N+]([O-])c1ccc(-c2nc(Nc3cc([N+](=O)[O-])ccc3F)c3ccccc3n2)cc1. The van der Waals surface area contributed by atoms with E-state index in [0.29, 0.717) is 16.5 Å². The molecule has 1 aromatic heterocycles. The first-order valence-electron chi connectivity index (χ1n) is 8.65. The summed E-state index contributed by atoms with van der Waals surface area (Å²) in [6.45, 7) is 0. The van der Waals surface area contributed by atoms with Crippen molar-refractivity contribution in [3.63, 3.8) is 0 Å². The fourth-order valence-electron chi connectivity index (χ4n) is 2.88. The zero-order valence-corrected chi connectivity index (χ0v) is 15.2.